The Morgan fingerprint density at radius 3 is 2.47 bits per heavy atom. The molecule has 4 heteroatoms. The normalized spacial score (nSPS) is 15.4. The van der Waals surface area contributed by atoms with Gasteiger partial charge in [0.05, 0.1) is 6.10 Å². The van der Waals surface area contributed by atoms with Gasteiger partial charge in [-0.2, -0.15) is 5.26 Å². The first-order chi connectivity index (χ1) is 8.08. The van der Waals surface area contributed by atoms with Gasteiger partial charge in [0.2, 0.25) is 0 Å². The molecule has 0 aromatic rings. The highest BCUT2D eigenvalue weighted by Gasteiger charge is 2.17. The summed E-state index contributed by atoms with van der Waals surface area (Å²) < 4.78 is 5.06. The topological polar surface area (TPSA) is 67.2 Å². The van der Waals surface area contributed by atoms with Crippen molar-refractivity contribution in [2.45, 2.75) is 26.4 Å². The van der Waals surface area contributed by atoms with E-state index in [0.29, 0.717) is 12.0 Å². The van der Waals surface area contributed by atoms with E-state index in [1.54, 1.807) is 6.92 Å². The maximum Gasteiger partial charge on any atom is 0.349 e. The van der Waals surface area contributed by atoms with E-state index in [4.69, 9.17) is 10.00 Å². The van der Waals surface area contributed by atoms with Gasteiger partial charge >= 0.3 is 5.97 Å². The van der Waals surface area contributed by atoms with Crippen molar-refractivity contribution in [3.8, 4) is 6.07 Å². The lowest BCUT2D eigenvalue weighted by molar-refractivity contribution is -0.143. The lowest BCUT2D eigenvalue weighted by Gasteiger charge is -2.11. The van der Waals surface area contributed by atoms with Crippen molar-refractivity contribution in [3.05, 3.63) is 35.5 Å². The number of ether oxygens (including phenoxy) is 1. The predicted octanol–water partition coefficient (Wildman–Crippen LogP) is 1.84. The highest BCUT2D eigenvalue weighted by atomic mass is 16.5. The van der Waals surface area contributed by atoms with Gasteiger partial charge < -0.3 is 4.74 Å². The summed E-state index contributed by atoms with van der Waals surface area (Å²) in [6.45, 7) is 3.64. The number of hydrogen-bond donors (Lipinski definition) is 0. The molecule has 17 heavy (non-hydrogen) atoms. The first-order valence-electron chi connectivity index (χ1n) is 5.34. The van der Waals surface area contributed by atoms with Gasteiger partial charge in [0.1, 0.15) is 11.6 Å². The average Bonchev–Trinajstić information content (AvgIpc) is 2.32. The second-order valence-electron chi connectivity index (χ2n) is 3.64. The fourth-order valence-electron chi connectivity index (χ4n) is 1.17. The van der Waals surface area contributed by atoms with Gasteiger partial charge in [-0.3, -0.25) is 4.79 Å². The number of hydrogen-bond acceptors (Lipinski definition) is 4. The SMILES string of the molecule is CCC(C)OC(=O)C(C#N)=C1C=CC(=O)C=C1. The fraction of sp³-hybridized carbons (Fsp3) is 0.308. The Hall–Kier alpha value is -2.15. The molecule has 0 amide bonds. The largest absolute Gasteiger partial charge is 0.459 e. The van der Waals surface area contributed by atoms with E-state index < -0.39 is 5.97 Å². The van der Waals surface area contributed by atoms with E-state index in [0.717, 1.165) is 0 Å². The van der Waals surface area contributed by atoms with Crippen LogP contribution in [0.3, 0.4) is 0 Å². The molecule has 1 aliphatic rings. The molecule has 1 rings (SSSR count). The number of nitriles is 1. The monoisotopic (exact) mass is 231 g/mol. The molecule has 0 heterocycles. The fourth-order valence-corrected chi connectivity index (χ4v) is 1.17. The molecule has 88 valence electrons. The minimum absolute atomic E-state index is 0.0784. The zero-order valence-electron chi connectivity index (χ0n) is 9.77. The molecular weight excluding hydrogens is 218 g/mol. The van der Waals surface area contributed by atoms with Gasteiger partial charge in [0.15, 0.2) is 5.78 Å². The summed E-state index contributed by atoms with van der Waals surface area (Å²) in [5, 5.41) is 8.94. The van der Waals surface area contributed by atoms with Crippen molar-refractivity contribution in [2.75, 3.05) is 0 Å². The van der Waals surface area contributed by atoms with Crippen LogP contribution in [0.2, 0.25) is 0 Å². The Labute approximate surface area is 99.9 Å². The first kappa shape index (κ1) is 12.9. The second-order valence-corrected chi connectivity index (χ2v) is 3.64. The summed E-state index contributed by atoms with van der Waals surface area (Å²) in [6.07, 6.45) is 5.96. The summed E-state index contributed by atoms with van der Waals surface area (Å²) in [5.74, 6) is -0.818. The number of rotatable bonds is 3. The Bertz CT molecular complexity index is 446. The van der Waals surface area contributed by atoms with Gasteiger partial charge in [-0.05, 0) is 43.2 Å². The van der Waals surface area contributed by atoms with Gasteiger partial charge in [-0.1, -0.05) is 6.92 Å². The van der Waals surface area contributed by atoms with Crippen LogP contribution in [0.5, 0.6) is 0 Å². The van der Waals surface area contributed by atoms with Crippen LogP contribution in [-0.2, 0) is 14.3 Å². The van der Waals surface area contributed by atoms with Crippen molar-refractivity contribution >= 4 is 11.8 Å². The zero-order chi connectivity index (χ0) is 12.8. The smallest absolute Gasteiger partial charge is 0.349 e. The molecule has 0 spiro atoms. The lowest BCUT2D eigenvalue weighted by Crippen LogP contribution is -2.16. The summed E-state index contributed by atoms with van der Waals surface area (Å²) in [4.78, 5) is 22.6. The molecule has 0 fully saturated rings. The molecule has 0 saturated carbocycles. The van der Waals surface area contributed by atoms with Gasteiger partial charge in [0, 0.05) is 0 Å². The summed E-state index contributed by atoms with van der Waals surface area (Å²) in [5.41, 5.74) is 0.325. The van der Waals surface area contributed by atoms with E-state index in [-0.39, 0.29) is 17.5 Å². The van der Waals surface area contributed by atoms with E-state index >= 15 is 0 Å². The van der Waals surface area contributed by atoms with Gasteiger partial charge in [-0.15, -0.1) is 0 Å². The van der Waals surface area contributed by atoms with Crippen LogP contribution >= 0.6 is 0 Å². The summed E-state index contributed by atoms with van der Waals surface area (Å²) in [6, 6.07) is 1.81. The van der Waals surface area contributed by atoms with Crippen LogP contribution in [0.15, 0.2) is 35.5 Å². The van der Waals surface area contributed by atoms with E-state index in [1.165, 1.54) is 24.3 Å². The third-order valence-electron chi connectivity index (χ3n) is 2.34. The van der Waals surface area contributed by atoms with Crippen molar-refractivity contribution in [1.29, 1.82) is 5.26 Å². The lowest BCUT2D eigenvalue weighted by atomic mass is 10.0. The van der Waals surface area contributed by atoms with E-state index in [9.17, 15) is 9.59 Å². The van der Waals surface area contributed by atoms with Crippen LogP contribution in [-0.4, -0.2) is 17.9 Å². The van der Waals surface area contributed by atoms with Crippen LogP contribution in [0, 0.1) is 11.3 Å². The molecular formula is C13H13NO3. The molecule has 0 N–H and O–H groups in total. The average molecular weight is 231 g/mol. The minimum Gasteiger partial charge on any atom is -0.459 e. The number of ketones is 1. The molecule has 0 aromatic heterocycles. The van der Waals surface area contributed by atoms with Crippen molar-refractivity contribution in [3.63, 3.8) is 0 Å². The number of carbonyl (C=O) groups excluding carboxylic acids is 2. The molecule has 4 nitrogen and oxygen atoms in total. The molecule has 0 bridgehead atoms. The van der Waals surface area contributed by atoms with Gasteiger partial charge in [0.25, 0.3) is 0 Å². The van der Waals surface area contributed by atoms with Crippen LogP contribution in [0.1, 0.15) is 20.3 Å². The van der Waals surface area contributed by atoms with Crippen molar-refractivity contribution in [1.82, 2.24) is 0 Å². The molecule has 0 aromatic carbocycles. The molecule has 0 aliphatic heterocycles. The number of esters is 1. The van der Waals surface area contributed by atoms with Crippen LogP contribution < -0.4 is 0 Å². The molecule has 1 atom stereocenters. The Balaban J connectivity index is 2.93. The summed E-state index contributed by atoms with van der Waals surface area (Å²) >= 11 is 0. The van der Waals surface area contributed by atoms with Crippen LogP contribution in [0.4, 0.5) is 0 Å². The maximum absolute atomic E-state index is 11.7. The predicted molar refractivity (Wildman–Crippen MR) is 61.8 cm³/mol. The third kappa shape index (κ3) is 3.42. The highest BCUT2D eigenvalue weighted by molar-refractivity contribution is 6.03. The molecule has 0 radical (unpaired) electrons. The standard InChI is InChI=1S/C13H13NO3/c1-3-9(2)17-13(16)12(8-14)10-4-6-11(15)7-5-10/h4-7,9H,3H2,1-2H3. The number of carbonyl (C=O) groups is 2. The zero-order valence-corrected chi connectivity index (χ0v) is 9.77. The number of nitrogens with zero attached hydrogens (tertiary/aromatic N) is 1. The highest BCUT2D eigenvalue weighted by Crippen LogP contribution is 2.14. The number of allylic oxidation sites excluding steroid dienone is 5. The second kappa shape index (κ2) is 5.80. The molecule has 1 aliphatic carbocycles. The maximum atomic E-state index is 11.7. The van der Waals surface area contributed by atoms with Gasteiger partial charge in [-0.25, -0.2) is 4.79 Å². The van der Waals surface area contributed by atoms with E-state index in [1.807, 2.05) is 13.0 Å². The minimum atomic E-state index is -0.652. The van der Waals surface area contributed by atoms with E-state index in [2.05, 4.69) is 0 Å². The quantitative estimate of drug-likeness (QED) is 0.422. The molecule has 1 unspecified atom stereocenters. The van der Waals surface area contributed by atoms with Crippen LogP contribution in [0.25, 0.3) is 0 Å². The van der Waals surface area contributed by atoms with Crippen molar-refractivity contribution in [2.24, 2.45) is 0 Å². The third-order valence-corrected chi connectivity index (χ3v) is 2.34. The van der Waals surface area contributed by atoms with Crippen molar-refractivity contribution < 1.29 is 14.3 Å². The Morgan fingerprint density at radius 2 is 2.00 bits per heavy atom. The Kier molecular flexibility index (Phi) is 4.41. The summed E-state index contributed by atoms with van der Waals surface area (Å²) in [7, 11) is 0. The Morgan fingerprint density at radius 1 is 1.41 bits per heavy atom. The first-order valence-corrected chi connectivity index (χ1v) is 5.34. The molecule has 0 saturated heterocycles.